The Morgan fingerprint density at radius 1 is 1.32 bits per heavy atom. The minimum atomic E-state index is -0.324. The molecule has 7 heteroatoms. The molecule has 0 radical (unpaired) electrons. The second kappa shape index (κ2) is 6.96. The number of rotatable bonds is 4. The van der Waals surface area contributed by atoms with Crippen LogP contribution < -0.4 is 10.5 Å². The maximum atomic E-state index is 12.8. The van der Waals surface area contributed by atoms with Crippen LogP contribution in [-0.2, 0) is 24.8 Å². The van der Waals surface area contributed by atoms with Crippen LogP contribution in [0, 0.1) is 6.92 Å². The zero-order chi connectivity index (χ0) is 18.0. The Hall–Kier alpha value is -2.83. The van der Waals surface area contributed by atoms with Crippen molar-refractivity contribution in [3.8, 4) is 5.75 Å². The highest BCUT2D eigenvalue weighted by Gasteiger charge is 2.23. The minimum absolute atomic E-state index is 0.0675. The van der Waals surface area contributed by atoms with E-state index in [0.29, 0.717) is 38.2 Å². The Kier molecular flexibility index (Phi) is 4.74. The van der Waals surface area contributed by atoms with Gasteiger partial charge in [-0.1, -0.05) is 12.1 Å². The molecular weight excluding hydrogens is 320 g/mol. The number of carbonyl (C=O) groups excluding carboxylic acids is 2. The summed E-state index contributed by atoms with van der Waals surface area (Å²) < 4.78 is 7.38. The molecule has 0 bridgehead atoms. The monoisotopic (exact) mass is 342 g/mol. The Balaban J connectivity index is 1.82. The summed E-state index contributed by atoms with van der Waals surface area (Å²) in [6.45, 7) is 3.27. The van der Waals surface area contributed by atoms with E-state index < -0.39 is 0 Å². The zero-order valence-electron chi connectivity index (χ0n) is 14.5. The van der Waals surface area contributed by atoms with Crippen molar-refractivity contribution in [2.24, 2.45) is 12.8 Å². The van der Waals surface area contributed by atoms with Crippen LogP contribution in [0.2, 0.25) is 0 Å². The second-order valence-electron chi connectivity index (χ2n) is 6.28. The van der Waals surface area contributed by atoms with Crippen molar-refractivity contribution in [3.63, 3.8) is 0 Å². The van der Waals surface area contributed by atoms with E-state index in [1.165, 1.54) is 0 Å². The Morgan fingerprint density at radius 3 is 2.80 bits per heavy atom. The van der Waals surface area contributed by atoms with Crippen molar-refractivity contribution in [3.05, 3.63) is 46.8 Å². The van der Waals surface area contributed by atoms with Crippen molar-refractivity contribution >= 4 is 11.8 Å². The van der Waals surface area contributed by atoms with Crippen LogP contribution >= 0.6 is 0 Å². The van der Waals surface area contributed by atoms with Gasteiger partial charge in [0.05, 0.1) is 12.2 Å². The maximum absolute atomic E-state index is 12.8. The lowest BCUT2D eigenvalue weighted by Gasteiger charge is -2.20. The molecular formula is C18H22N4O3. The van der Waals surface area contributed by atoms with Crippen molar-refractivity contribution in [2.45, 2.75) is 26.3 Å². The first-order valence-electron chi connectivity index (χ1n) is 8.27. The number of aromatic nitrogens is 2. The first-order chi connectivity index (χ1) is 11.9. The second-order valence-corrected chi connectivity index (χ2v) is 6.28. The highest BCUT2D eigenvalue weighted by molar-refractivity contribution is 5.92. The predicted octanol–water partition coefficient (Wildman–Crippen LogP) is 1.18. The first kappa shape index (κ1) is 17.0. The third kappa shape index (κ3) is 3.81. The molecule has 1 aromatic heterocycles. The molecule has 25 heavy (non-hydrogen) atoms. The van der Waals surface area contributed by atoms with Gasteiger partial charge in [-0.3, -0.25) is 14.3 Å². The molecule has 2 heterocycles. The van der Waals surface area contributed by atoms with Crippen LogP contribution in [0.4, 0.5) is 0 Å². The topological polar surface area (TPSA) is 90.5 Å². The molecule has 0 atom stereocenters. The molecule has 0 spiro atoms. The minimum Gasteiger partial charge on any atom is -0.491 e. The van der Waals surface area contributed by atoms with Crippen LogP contribution in [-0.4, -0.2) is 39.6 Å². The van der Waals surface area contributed by atoms with E-state index >= 15 is 0 Å². The van der Waals surface area contributed by atoms with Crippen LogP contribution in [0.15, 0.2) is 24.3 Å². The van der Waals surface area contributed by atoms with E-state index in [-0.39, 0.29) is 11.8 Å². The molecule has 0 saturated carbocycles. The number of fused-ring (bicyclic) bond motifs is 1. The molecule has 0 saturated heterocycles. The van der Waals surface area contributed by atoms with E-state index in [9.17, 15) is 9.59 Å². The van der Waals surface area contributed by atoms with Gasteiger partial charge in [0.2, 0.25) is 5.91 Å². The van der Waals surface area contributed by atoms with Gasteiger partial charge in [0, 0.05) is 25.6 Å². The van der Waals surface area contributed by atoms with Gasteiger partial charge in [0.25, 0.3) is 5.91 Å². The number of hydrogen-bond donors (Lipinski definition) is 1. The molecule has 0 aliphatic carbocycles. The van der Waals surface area contributed by atoms with Gasteiger partial charge in [0.1, 0.15) is 18.1 Å². The number of aryl methyl sites for hydroxylation is 3. The van der Waals surface area contributed by atoms with Gasteiger partial charge in [0.15, 0.2) is 0 Å². The fourth-order valence-electron chi connectivity index (χ4n) is 3.02. The van der Waals surface area contributed by atoms with Gasteiger partial charge in [-0.25, -0.2) is 0 Å². The van der Waals surface area contributed by atoms with Crippen LogP contribution in [0.3, 0.4) is 0 Å². The lowest BCUT2D eigenvalue weighted by atomic mass is 10.0. The number of nitrogens with two attached hydrogens (primary N) is 1. The maximum Gasteiger partial charge on any atom is 0.272 e. The number of carbonyl (C=O) groups is 2. The molecule has 7 nitrogen and oxygen atoms in total. The van der Waals surface area contributed by atoms with Crippen molar-refractivity contribution in [2.75, 3.05) is 13.2 Å². The number of benzene rings is 1. The summed E-state index contributed by atoms with van der Waals surface area (Å²) >= 11 is 0. The molecule has 2 aromatic rings. The normalized spacial score (nSPS) is 13.8. The summed E-state index contributed by atoms with van der Waals surface area (Å²) in [6.07, 6.45) is 0.883. The molecule has 132 valence electrons. The molecule has 2 amide bonds. The number of amides is 2. The summed E-state index contributed by atoms with van der Waals surface area (Å²) in [6, 6.07) is 7.61. The summed E-state index contributed by atoms with van der Waals surface area (Å²) in [4.78, 5) is 25.6. The fourth-order valence-corrected chi connectivity index (χ4v) is 3.02. The van der Waals surface area contributed by atoms with Gasteiger partial charge >= 0.3 is 0 Å². The molecule has 0 unspecified atom stereocenters. The highest BCUT2D eigenvalue weighted by Crippen LogP contribution is 2.25. The highest BCUT2D eigenvalue weighted by atomic mass is 16.5. The Labute approximate surface area is 146 Å². The smallest absolute Gasteiger partial charge is 0.272 e. The fraction of sp³-hybridized carbons (Fsp3) is 0.389. The third-order valence-corrected chi connectivity index (χ3v) is 4.27. The Morgan fingerprint density at radius 2 is 2.12 bits per heavy atom. The van der Waals surface area contributed by atoms with Crippen LogP contribution in [0.5, 0.6) is 5.75 Å². The van der Waals surface area contributed by atoms with Gasteiger partial charge in [-0.2, -0.15) is 5.10 Å². The number of ether oxygens (including phenoxy) is 1. The number of primary amides is 1. The SMILES string of the molecule is Cc1cc(C(=O)N2CCOc3ccc(CCC(N)=O)cc3C2)n(C)n1. The molecule has 3 rings (SSSR count). The molecule has 2 N–H and O–H groups in total. The van der Waals surface area contributed by atoms with Gasteiger partial charge in [-0.15, -0.1) is 0 Å². The van der Waals surface area contributed by atoms with Crippen LogP contribution in [0.25, 0.3) is 0 Å². The lowest BCUT2D eigenvalue weighted by Crippen LogP contribution is -2.33. The van der Waals surface area contributed by atoms with Crippen molar-refractivity contribution in [1.82, 2.24) is 14.7 Å². The van der Waals surface area contributed by atoms with E-state index in [4.69, 9.17) is 10.5 Å². The summed E-state index contributed by atoms with van der Waals surface area (Å²) in [5.41, 5.74) is 8.54. The van der Waals surface area contributed by atoms with Crippen molar-refractivity contribution < 1.29 is 14.3 Å². The first-order valence-corrected chi connectivity index (χ1v) is 8.27. The van der Waals surface area contributed by atoms with Gasteiger partial charge in [-0.05, 0) is 31.0 Å². The molecule has 0 fully saturated rings. The van der Waals surface area contributed by atoms with E-state index in [1.807, 2.05) is 25.1 Å². The number of hydrogen-bond acceptors (Lipinski definition) is 4. The largest absolute Gasteiger partial charge is 0.491 e. The van der Waals surface area contributed by atoms with Gasteiger partial charge < -0.3 is 15.4 Å². The van der Waals surface area contributed by atoms with E-state index in [0.717, 1.165) is 22.6 Å². The molecule has 1 aliphatic rings. The summed E-state index contributed by atoms with van der Waals surface area (Å²) in [5.74, 6) is 0.385. The summed E-state index contributed by atoms with van der Waals surface area (Å²) in [5, 5.41) is 4.24. The lowest BCUT2D eigenvalue weighted by molar-refractivity contribution is -0.117. The van der Waals surface area contributed by atoms with Crippen LogP contribution in [0.1, 0.15) is 33.7 Å². The van der Waals surface area contributed by atoms with E-state index in [1.54, 1.807) is 22.7 Å². The van der Waals surface area contributed by atoms with Crippen molar-refractivity contribution in [1.29, 1.82) is 0 Å². The standard InChI is InChI=1S/C18H22N4O3/c1-12-9-15(21(2)20-12)18(24)22-7-8-25-16-5-3-13(4-6-17(19)23)10-14(16)11-22/h3,5,9-10H,4,6-8,11H2,1-2H3,(H2,19,23). The average molecular weight is 342 g/mol. The zero-order valence-corrected chi connectivity index (χ0v) is 14.5. The molecule has 1 aliphatic heterocycles. The molecule has 1 aromatic carbocycles. The summed E-state index contributed by atoms with van der Waals surface area (Å²) in [7, 11) is 1.77. The average Bonchev–Trinajstić information content (AvgIpc) is 2.79. The predicted molar refractivity (Wildman–Crippen MR) is 92.1 cm³/mol. The third-order valence-electron chi connectivity index (χ3n) is 4.27. The quantitative estimate of drug-likeness (QED) is 0.903. The number of nitrogens with zero attached hydrogens (tertiary/aromatic N) is 3. The Bertz CT molecular complexity index is 813. The van der Waals surface area contributed by atoms with E-state index in [2.05, 4.69) is 5.10 Å².